The lowest BCUT2D eigenvalue weighted by molar-refractivity contribution is 0.275. The number of aromatic nitrogens is 4. The quantitative estimate of drug-likeness (QED) is 0.467. The van der Waals surface area contributed by atoms with Crippen molar-refractivity contribution in [2.45, 2.75) is 5.16 Å². The molecule has 7 heteroatoms. The van der Waals surface area contributed by atoms with Gasteiger partial charge >= 0.3 is 0 Å². The summed E-state index contributed by atoms with van der Waals surface area (Å²) in [5, 5.41) is 10.7. The molecule has 0 aliphatic carbocycles. The first kappa shape index (κ1) is 7.49. The van der Waals surface area contributed by atoms with E-state index in [1.54, 1.807) is 7.05 Å². The van der Waals surface area contributed by atoms with Crippen LogP contribution in [-0.2, 0) is 7.05 Å². The van der Waals surface area contributed by atoms with E-state index < -0.39 is 4.57 Å². The number of tetrazole rings is 1. The third-order valence-electron chi connectivity index (χ3n) is 0.753. The summed E-state index contributed by atoms with van der Waals surface area (Å²) in [6.07, 6.45) is 0. The molecule has 0 bridgehead atoms. The fourth-order valence-corrected chi connectivity index (χ4v) is 0.976. The van der Waals surface area contributed by atoms with E-state index in [0.29, 0.717) is 5.16 Å². The highest BCUT2D eigenvalue weighted by molar-refractivity contribution is 8.16. The molecular weight excluding hydrogens is 176 g/mol. The van der Waals surface area contributed by atoms with Crippen LogP contribution in [0.5, 0.6) is 0 Å². The lowest BCUT2D eigenvalue weighted by atomic mass is 11.2. The summed E-state index contributed by atoms with van der Waals surface area (Å²) in [6, 6.07) is 0. The molecule has 0 saturated heterocycles. The van der Waals surface area contributed by atoms with Gasteiger partial charge in [0.25, 0.3) is 4.57 Å². The Kier molecular flexibility index (Phi) is 2.23. The molecule has 5 nitrogen and oxygen atoms in total. The van der Waals surface area contributed by atoms with Crippen molar-refractivity contribution in [1.82, 2.24) is 20.2 Å². The predicted molar refractivity (Wildman–Crippen MR) is 35.9 cm³/mol. The molecule has 0 aromatic carbocycles. The van der Waals surface area contributed by atoms with E-state index in [1.807, 2.05) is 0 Å². The van der Waals surface area contributed by atoms with Crippen molar-refractivity contribution in [2.24, 2.45) is 7.05 Å². The normalized spacial score (nSPS) is 9.80. The Balaban J connectivity index is 2.74. The van der Waals surface area contributed by atoms with Gasteiger partial charge in [-0.2, -0.15) is 0 Å². The van der Waals surface area contributed by atoms with Crippen LogP contribution in [-0.4, -0.2) is 24.8 Å². The first-order valence-corrected chi connectivity index (χ1v) is 3.49. The summed E-state index contributed by atoms with van der Waals surface area (Å²) < 4.78 is 0.822. The molecule has 0 unspecified atom stereocenters. The Morgan fingerprint density at radius 1 is 1.80 bits per heavy atom. The Morgan fingerprint density at radius 3 is 2.90 bits per heavy atom. The minimum absolute atomic E-state index is 0.389. The molecule has 0 atom stereocenters. The van der Waals surface area contributed by atoms with Crippen molar-refractivity contribution >= 4 is 27.9 Å². The average Bonchev–Trinajstić information content (AvgIpc) is 2.15. The number of aryl methyl sites for hydroxylation is 1. The monoisotopic (exact) mass is 178 g/mol. The second-order valence-corrected chi connectivity index (χ2v) is 2.93. The van der Waals surface area contributed by atoms with Crippen LogP contribution in [0.1, 0.15) is 0 Å². The summed E-state index contributed by atoms with van der Waals surface area (Å²) in [5.41, 5.74) is 0. The van der Waals surface area contributed by atoms with Gasteiger partial charge in [-0.25, -0.2) is 4.68 Å². The number of halogens is 1. The van der Waals surface area contributed by atoms with Crippen LogP contribution in [0.4, 0.5) is 4.79 Å². The molecule has 0 radical (unpaired) electrons. The molecule has 1 rings (SSSR count). The molecule has 0 aliphatic heterocycles. The largest absolute Gasteiger partial charge is 0.287 e. The van der Waals surface area contributed by atoms with Gasteiger partial charge < -0.3 is 0 Å². The Bertz CT molecular complexity index is 248. The van der Waals surface area contributed by atoms with E-state index in [4.69, 9.17) is 11.6 Å². The van der Waals surface area contributed by atoms with Gasteiger partial charge in [-0.05, 0) is 22.0 Å². The molecule has 1 heterocycles. The second-order valence-electron chi connectivity index (χ2n) is 1.42. The van der Waals surface area contributed by atoms with Crippen molar-refractivity contribution in [2.75, 3.05) is 0 Å². The topological polar surface area (TPSA) is 60.7 Å². The van der Waals surface area contributed by atoms with Crippen LogP contribution in [0.2, 0.25) is 0 Å². The Hall–Kier alpha value is -0.620. The first-order valence-electron chi connectivity index (χ1n) is 2.30. The first-order chi connectivity index (χ1) is 4.70. The average molecular weight is 179 g/mol. The minimum Gasteiger partial charge on any atom is -0.268 e. The van der Waals surface area contributed by atoms with Gasteiger partial charge in [-0.1, -0.05) is 0 Å². The fraction of sp³-hybridized carbons (Fsp3) is 0.333. The van der Waals surface area contributed by atoms with Crippen LogP contribution >= 0.6 is 23.4 Å². The van der Waals surface area contributed by atoms with Gasteiger partial charge in [-0.3, -0.25) is 4.79 Å². The highest BCUT2D eigenvalue weighted by atomic mass is 35.5. The summed E-state index contributed by atoms with van der Waals surface area (Å²) in [5.74, 6) is 0. The van der Waals surface area contributed by atoms with Crippen LogP contribution in [0.3, 0.4) is 0 Å². The molecule has 0 saturated carbocycles. The van der Waals surface area contributed by atoms with E-state index in [2.05, 4.69) is 15.5 Å². The molecule has 10 heavy (non-hydrogen) atoms. The van der Waals surface area contributed by atoms with Gasteiger partial charge in [0.15, 0.2) is 0 Å². The van der Waals surface area contributed by atoms with Crippen molar-refractivity contribution in [3.05, 3.63) is 0 Å². The number of thioether (sulfide) groups is 1. The van der Waals surface area contributed by atoms with E-state index in [-0.39, 0.29) is 0 Å². The fourth-order valence-electron chi connectivity index (χ4n) is 0.379. The zero-order valence-corrected chi connectivity index (χ0v) is 6.56. The second kappa shape index (κ2) is 2.98. The number of carbonyl (C=O) groups excluding carboxylic acids is 1. The third-order valence-corrected chi connectivity index (χ3v) is 1.67. The van der Waals surface area contributed by atoms with E-state index >= 15 is 0 Å². The van der Waals surface area contributed by atoms with Crippen molar-refractivity contribution in [3.63, 3.8) is 0 Å². The summed E-state index contributed by atoms with van der Waals surface area (Å²) in [7, 11) is 1.63. The van der Waals surface area contributed by atoms with E-state index in [9.17, 15) is 4.79 Å². The number of hydrogen-bond donors (Lipinski definition) is 0. The van der Waals surface area contributed by atoms with Crippen molar-refractivity contribution < 1.29 is 4.79 Å². The minimum atomic E-state index is -0.544. The highest BCUT2D eigenvalue weighted by Crippen LogP contribution is 2.16. The maximum atomic E-state index is 10.3. The number of nitrogens with zero attached hydrogens (tertiary/aromatic N) is 4. The number of hydrogen-bond acceptors (Lipinski definition) is 5. The van der Waals surface area contributed by atoms with Gasteiger partial charge in [0.05, 0.1) is 0 Å². The number of carbonyl (C=O) groups is 1. The zero-order valence-electron chi connectivity index (χ0n) is 4.98. The molecule has 0 fully saturated rings. The Morgan fingerprint density at radius 2 is 2.50 bits per heavy atom. The van der Waals surface area contributed by atoms with Gasteiger partial charge in [-0.15, -0.1) is 5.10 Å². The van der Waals surface area contributed by atoms with Crippen molar-refractivity contribution in [3.8, 4) is 0 Å². The predicted octanol–water partition coefficient (Wildman–Crippen LogP) is 0.661. The maximum Gasteiger partial charge on any atom is 0.287 e. The summed E-state index contributed by atoms with van der Waals surface area (Å²) >= 11 is 5.84. The molecule has 54 valence electrons. The molecule has 0 amide bonds. The molecule has 1 aromatic rings. The summed E-state index contributed by atoms with van der Waals surface area (Å²) in [4.78, 5) is 10.3. The van der Waals surface area contributed by atoms with Gasteiger partial charge in [0.1, 0.15) is 0 Å². The van der Waals surface area contributed by atoms with E-state index in [1.165, 1.54) is 4.68 Å². The van der Waals surface area contributed by atoms with E-state index in [0.717, 1.165) is 11.8 Å². The standard InChI is InChI=1S/C3H3ClN4OS/c1-8-3(5-6-7-8)10-2(4)9/h1H3. The smallest absolute Gasteiger partial charge is 0.268 e. The SMILES string of the molecule is Cn1nnnc1SC(=O)Cl. The molecule has 1 aromatic heterocycles. The van der Waals surface area contributed by atoms with Crippen LogP contribution < -0.4 is 0 Å². The van der Waals surface area contributed by atoms with Crippen molar-refractivity contribution in [1.29, 1.82) is 0 Å². The summed E-state index contributed by atoms with van der Waals surface area (Å²) in [6.45, 7) is 0. The third kappa shape index (κ3) is 1.68. The van der Waals surface area contributed by atoms with Gasteiger partial charge in [0.2, 0.25) is 5.16 Å². The lowest BCUT2D eigenvalue weighted by Crippen LogP contribution is -1.93. The molecule has 0 spiro atoms. The Labute approximate surface area is 65.7 Å². The molecular formula is C3H3ClN4OS. The zero-order chi connectivity index (χ0) is 7.56. The van der Waals surface area contributed by atoms with Crippen LogP contribution in [0.25, 0.3) is 0 Å². The maximum absolute atomic E-state index is 10.3. The van der Waals surface area contributed by atoms with Crippen LogP contribution in [0.15, 0.2) is 5.16 Å². The highest BCUT2D eigenvalue weighted by Gasteiger charge is 2.06. The van der Waals surface area contributed by atoms with Gasteiger partial charge in [0, 0.05) is 18.8 Å². The van der Waals surface area contributed by atoms with Crippen LogP contribution in [0, 0.1) is 0 Å². The molecule has 0 aliphatic rings. The number of rotatable bonds is 1. The lowest BCUT2D eigenvalue weighted by Gasteiger charge is -1.89. The molecule has 0 N–H and O–H groups in total.